The van der Waals surface area contributed by atoms with Gasteiger partial charge in [0.25, 0.3) is 0 Å². The Labute approximate surface area is 169 Å². The van der Waals surface area contributed by atoms with Crippen LogP contribution >= 0.6 is 0 Å². The number of nitrogens with zero attached hydrogens (tertiary/aromatic N) is 2. The smallest absolute Gasteiger partial charge is 0.308 e. The van der Waals surface area contributed by atoms with Gasteiger partial charge in [0.2, 0.25) is 5.91 Å². The van der Waals surface area contributed by atoms with E-state index >= 15 is 0 Å². The molecule has 0 aromatic heterocycles. The number of carbonyl (C=O) groups excluding carboxylic acids is 3. The van der Waals surface area contributed by atoms with E-state index in [2.05, 4.69) is 0 Å². The summed E-state index contributed by atoms with van der Waals surface area (Å²) < 4.78 is 22.4. The Morgan fingerprint density at radius 1 is 0.966 bits per heavy atom. The average molecular weight is 406 g/mol. The Hall–Kier alpha value is -2.81. The van der Waals surface area contributed by atoms with Crippen LogP contribution in [0, 0.1) is 6.92 Å². The van der Waals surface area contributed by atoms with Crippen LogP contribution in [0.4, 0.5) is 0 Å². The molecule has 9 heteroatoms. The van der Waals surface area contributed by atoms with Crippen LogP contribution in [0.2, 0.25) is 0 Å². The van der Waals surface area contributed by atoms with Crippen molar-refractivity contribution in [2.75, 3.05) is 34.9 Å². The highest BCUT2D eigenvalue weighted by molar-refractivity contribution is 5.86. The first-order chi connectivity index (χ1) is 13.6. The number of likely N-dealkylation sites (N-methyl/N-ethyl adjacent to an activating group) is 2. The predicted octanol–water partition coefficient (Wildman–Crippen LogP) is 1.37. The number of carbonyl (C=O) groups is 3. The van der Waals surface area contributed by atoms with Gasteiger partial charge >= 0.3 is 11.9 Å². The van der Waals surface area contributed by atoms with Gasteiger partial charge in [-0.3, -0.25) is 19.3 Å². The molecule has 0 saturated carbocycles. The molecule has 3 atom stereocenters. The molecule has 0 N–H and O–H groups in total. The fourth-order valence-corrected chi connectivity index (χ4v) is 4.38. The summed E-state index contributed by atoms with van der Waals surface area (Å²) in [6.07, 6.45) is -0.923. The lowest BCUT2D eigenvalue weighted by Gasteiger charge is -2.50. The minimum Gasteiger partial charge on any atom is -0.496 e. The second kappa shape index (κ2) is 7.55. The summed E-state index contributed by atoms with van der Waals surface area (Å²) in [6, 6.07) is -1.02. The van der Waals surface area contributed by atoms with Crippen LogP contribution in [0.3, 0.4) is 0 Å². The largest absolute Gasteiger partial charge is 0.496 e. The third-order valence-electron chi connectivity index (χ3n) is 5.52. The van der Waals surface area contributed by atoms with Crippen LogP contribution in [0.25, 0.3) is 0 Å². The third kappa shape index (κ3) is 3.19. The molecule has 0 radical (unpaired) electrons. The van der Waals surface area contributed by atoms with Crippen molar-refractivity contribution in [3.05, 3.63) is 16.7 Å². The van der Waals surface area contributed by atoms with Gasteiger partial charge in [0.15, 0.2) is 17.6 Å². The Kier molecular flexibility index (Phi) is 5.44. The number of ether oxygens (including phenoxy) is 4. The van der Waals surface area contributed by atoms with Gasteiger partial charge in [0.05, 0.1) is 20.3 Å². The van der Waals surface area contributed by atoms with Crippen molar-refractivity contribution >= 4 is 17.8 Å². The molecule has 1 aromatic rings. The lowest BCUT2D eigenvalue weighted by molar-refractivity contribution is -0.164. The number of benzene rings is 1. The highest BCUT2D eigenvalue weighted by atomic mass is 16.6. The summed E-state index contributed by atoms with van der Waals surface area (Å²) in [4.78, 5) is 40.2. The van der Waals surface area contributed by atoms with Crippen molar-refractivity contribution < 1.29 is 33.3 Å². The zero-order valence-corrected chi connectivity index (χ0v) is 17.7. The van der Waals surface area contributed by atoms with Crippen LogP contribution in [-0.4, -0.2) is 68.5 Å². The first kappa shape index (κ1) is 20.9. The zero-order valence-electron chi connectivity index (χ0n) is 17.7. The maximum Gasteiger partial charge on any atom is 0.308 e. The Morgan fingerprint density at radius 2 is 1.59 bits per heavy atom. The van der Waals surface area contributed by atoms with E-state index < -0.39 is 24.1 Å². The van der Waals surface area contributed by atoms with E-state index in [-0.39, 0.29) is 17.7 Å². The highest BCUT2D eigenvalue weighted by Gasteiger charge is 2.53. The molecule has 9 nitrogen and oxygen atoms in total. The van der Waals surface area contributed by atoms with Gasteiger partial charge in [-0.15, -0.1) is 0 Å². The molecule has 1 amide bonds. The topological polar surface area (TPSA) is 94.6 Å². The van der Waals surface area contributed by atoms with Crippen LogP contribution < -0.4 is 14.2 Å². The zero-order chi connectivity index (χ0) is 21.6. The molecule has 2 aliphatic rings. The van der Waals surface area contributed by atoms with E-state index in [4.69, 9.17) is 18.9 Å². The minimum atomic E-state index is -0.923. The van der Waals surface area contributed by atoms with Crippen molar-refractivity contribution in [2.45, 2.75) is 39.0 Å². The number of esters is 2. The summed E-state index contributed by atoms with van der Waals surface area (Å²) in [5, 5.41) is 0. The van der Waals surface area contributed by atoms with E-state index in [1.165, 1.54) is 28.1 Å². The molecule has 1 saturated heterocycles. The molecule has 2 aliphatic heterocycles. The molecular weight excluding hydrogens is 380 g/mol. The van der Waals surface area contributed by atoms with Gasteiger partial charge in [0, 0.05) is 44.1 Å². The molecule has 2 bridgehead atoms. The summed E-state index contributed by atoms with van der Waals surface area (Å²) in [5.74, 6) is -0.139. The minimum absolute atomic E-state index is 0.162. The monoisotopic (exact) mass is 406 g/mol. The van der Waals surface area contributed by atoms with Gasteiger partial charge in [-0.2, -0.15) is 0 Å². The molecular formula is C20H26N2O7. The van der Waals surface area contributed by atoms with Crippen molar-refractivity contribution in [3.63, 3.8) is 0 Å². The second-order valence-corrected chi connectivity index (χ2v) is 7.32. The maximum absolute atomic E-state index is 13.0. The Morgan fingerprint density at radius 3 is 2.10 bits per heavy atom. The van der Waals surface area contributed by atoms with Crippen molar-refractivity contribution in [1.82, 2.24) is 9.80 Å². The van der Waals surface area contributed by atoms with Gasteiger partial charge < -0.3 is 23.8 Å². The molecule has 29 heavy (non-hydrogen) atoms. The number of methoxy groups -OCH3 is 2. The quantitative estimate of drug-likeness (QED) is 0.547. The predicted molar refractivity (Wildman–Crippen MR) is 102 cm³/mol. The van der Waals surface area contributed by atoms with E-state index in [1.54, 1.807) is 25.9 Å². The van der Waals surface area contributed by atoms with Crippen LogP contribution in [0.5, 0.6) is 17.2 Å². The molecule has 2 heterocycles. The van der Waals surface area contributed by atoms with Crippen molar-refractivity contribution in [2.24, 2.45) is 0 Å². The van der Waals surface area contributed by atoms with Crippen LogP contribution in [0.15, 0.2) is 0 Å². The third-order valence-corrected chi connectivity index (χ3v) is 5.52. The maximum atomic E-state index is 13.0. The van der Waals surface area contributed by atoms with Gasteiger partial charge in [-0.05, 0) is 14.0 Å². The second-order valence-electron chi connectivity index (χ2n) is 7.32. The molecule has 1 fully saturated rings. The highest BCUT2D eigenvalue weighted by Crippen LogP contribution is 2.55. The number of hydrogen-bond acceptors (Lipinski definition) is 8. The van der Waals surface area contributed by atoms with E-state index in [0.29, 0.717) is 34.7 Å². The lowest BCUT2D eigenvalue weighted by atomic mass is 9.80. The fourth-order valence-electron chi connectivity index (χ4n) is 4.38. The van der Waals surface area contributed by atoms with Gasteiger partial charge in [0.1, 0.15) is 11.8 Å². The SMILES string of the molecule is COc1c(C)c(OC)c2c(c1OC(C)=O)[C@@H]1CN(C)C(=O)[C@H]([C@H]2OC(C)=O)N1C. The summed E-state index contributed by atoms with van der Waals surface area (Å²) in [5.41, 5.74) is 1.74. The van der Waals surface area contributed by atoms with Gasteiger partial charge in [-0.25, -0.2) is 0 Å². The van der Waals surface area contributed by atoms with E-state index in [1.807, 2.05) is 4.90 Å². The number of rotatable bonds is 4. The molecule has 0 spiro atoms. The first-order valence-electron chi connectivity index (χ1n) is 9.24. The number of amides is 1. The molecule has 0 aliphatic carbocycles. The Bertz CT molecular complexity index is 882. The normalized spacial score (nSPS) is 23.3. The van der Waals surface area contributed by atoms with Crippen LogP contribution in [-0.2, 0) is 19.1 Å². The van der Waals surface area contributed by atoms with Crippen molar-refractivity contribution in [3.8, 4) is 17.2 Å². The summed E-state index contributed by atoms with van der Waals surface area (Å²) in [6.45, 7) is 4.73. The average Bonchev–Trinajstić information content (AvgIpc) is 2.62. The van der Waals surface area contributed by atoms with Crippen LogP contribution in [0.1, 0.15) is 42.7 Å². The number of hydrogen-bond donors (Lipinski definition) is 0. The first-order valence-corrected chi connectivity index (χ1v) is 9.24. The molecule has 3 rings (SSSR count). The molecule has 0 unspecified atom stereocenters. The van der Waals surface area contributed by atoms with Crippen molar-refractivity contribution in [1.29, 1.82) is 0 Å². The lowest BCUT2D eigenvalue weighted by Crippen LogP contribution is -2.60. The molecule has 158 valence electrons. The molecule has 1 aromatic carbocycles. The van der Waals surface area contributed by atoms with E-state index in [0.717, 1.165) is 0 Å². The Balaban J connectivity index is 2.42. The summed E-state index contributed by atoms with van der Waals surface area (Å²) in [7, 11) is 6.46. The fraction of sp³-hybridized carbons (Fsp3) is 0.550. The summed E-state index contributed by atoms with van der Waals surface area (Å²) >= 11 is 0. The van der Waals surface area contributed by atoms with E-state index in [9.17, 15) is 14.4 Å². The standard InChI is InChI=1S/C20H26N2O7/c1-9-16(26-6)14-13(19(17(9)27-7)29-11(3)24)12-8-21(4)20(25)15(22(12)5)18(14)28-10(2)23/h12,15,18H,8H2,1-7H3/t12-,15-,18-/m0/s1. The number of fused-ring (bicyclic) bond motifs is 4. The number of piperazine rings is 1. The van der Waals surface area contributed by atoms with Gasteiger partial charge in [-0.1, -0.05) is 0 Å².